The quantitative estimate of drug-likeness (QED) is 0.304. The molecule has 210 valence electrons. The van der Waals surface area contributed by atoms with E-state index >= 15 is 0 Å². The number of rotatable bonds is 10. The van der Waals surface area contributed by atoms with Crippen molar-refractivity contribution >= 4 is 5.97 Å². The van der Waals surface area contributed by atoms with Crippen LogP contribution in [0.15, 0.2) is 23.5 Å². The van der Waals surface area contributed by atoms with Crippen LogP contribution in [0.25, 0.3) is 0 Å². The highest BCUT2D eigenvalue weighted by Crippen LogP contribution is 2.52. The molecular weight excluding hydrogens is 494 g/mol. The van der Waals surface area contributed by atoms with Gasteiger partial charge in [0, 0.05) is 25.0 Å². The van der Waals surface area contributed by atoms with Crippen molar-refractivity contribution in [2.75, 3.05) is 34.1 Å². The van der Waals surface area contributed by atoms with E-state index in [9.17, 15) is 20.1 Å². The van der Waals surface area contributed by atoms with Gasteiger partial charge < -0.3 is 39.0 Å². The van der Waals surface area contributed by atoms with Crippen molar-refractivity contribution in [2.24, 2.45) is 0 Å². The highest BCUT2D eigenvalue weighted by atomic mass is 16.7. The Hall–Kier alpha value is -2.37. The maximum absolute atomic E-state index is 12.2. The smallest absolute Gasteiger partial charge is 0.308 e. The fourth-order valence-corrected chi connectivity index (χ4v) is 6.48. The molecule has 0 saturated carbocycles. The van der Waals surface area contributed by atoms with Gasteiger partial charge in [-0.3, -0.25) is 9.69 Å². The average molecular weight is 534 g/mol. The lowest BCUT2D eigenvalue weighted by molar-refractivity contribution is -0.240. The third-order valence-electron chi connectivity index (χ3n) is 8.35. The van der Waals surface area contributed by atoms with Crippen LogP contribution < -0.4 is 9.47 Å². The Morgan fingerprint density at radius 2 is 1.84 bits per heavy atom. The van der Waals surface area contributed by atoms with E-state index in [0.29, 0.717) is 24.4 Å². The summed E-state index contributed by atoms with van der Waals surface area (Å²) in [6.07, 6.45) is -0.384. The van der Waals surface area contributed by atoms with E-state index in [-0.39, 0.29) is 25.2 Å². The summed E-state index contributed by atoms with van der Waals surface area (Å²) in [6, 6.07) is 4.07. The summed E-state index contributed by atoms with van der Waals surface area (Å²) in [5, 5.41) is 33.1. The first kappa shape index (κ1) is 27.2. The van der Waals surface area contributed by atoms with Crippen LogP contribution in [0, 0.1) is 0 Å². The normalized spacial score (nSPS) is 26.4. The lowest BCUT2D eigenvalue weighted by Gasteiger charge is -2.37. The number of hydrogen-bond donors (Lipinski definition) is 3. The van der Waals surface area contributed by atoms with Gasteiger partial charge in [0.15, 0.2) is 17.8 Å². The largest absolute Gasteiger partial charge is 0.498 e. The second-order valence-corrected chi connectivity index (χ2v) is 11.4. The average Bonchev–Trinajstić information content (AvgIpc) is 3.52. The standard InChI is InChI=1S/C28H39NO9/c1-27(2,32)8-5-9-28(33,14-21(30)34-3)26(31)38-25-22-18-13-20-19(36-15-37-20)12-16(18)6-10-29-11-7-17(23(22)29)24(25)35-4/h12-13,22-23,25-26,31-33H,5-11,14-15H2,1-4H3. The summed E-state index contributed by atoms with van der Waals surface area (Å²) < 4.78 is 28.3. The fraction of sp³-hybridized carbons (Fsp3) is 0.679. The zero-order valence-electron chi connectivity index (χ0n) is 22.6. The molecule has 10 heteroatoms. The highest BCUT2D eigenvalue weighted by Gasteiger charge is 2.54. The molecule has 3 heterocycles. The number of carbonyl (C=O) groups excluding carboxylic acids is 1. The predicted molar refractivity (Wildman–Crippen MR) is 136 cm³/mol. The second-order valence-electron chi connectivity index (χ2n) is 11.4. The number of hydrogen-bond acceptors (Lipinski definition) is 10. The number of nitrogens with zero attached hydrogens (tertiary/aromatic N) is 1. The number of aliphatic hydroxyl groups excluding tert-OH is 1. The monoisotopic (exact) mass is 533 g/mol. The van der Waals surface area contributed by atoms with Crippen LogP contribution >= 0.6 is 0 Å². The van der Waals surface area contributed by atoms with Gasteiger partial charge >= 0.3 is 5.97 Å². The van der Waals surface area contributed by atoms with Crippen molar-refractivity contribution in [3.63, 3.8) is 0 Å². The minimum absolute atomic E-state index is 0.0349. The number of esters is 1. The van der Waals surface area contributed by atoms with E-state index in [0.717, 1.165) is 48.4 Å². The van der Waals surface area contributed by atoms with E-state index in [4.69, 9.17) is 23.7 Å². The van der Waals surface area contributed by atoms with Crippen LogP contribution in [0.5, 0.6) is 11.5 Å². The van der Waals surface area contributed by atoms with Gasteiger partial charge in [-0.2, -0.15) is 0 Å². The molecule has 0 radical (unpaired) electrons. The van der Waals surface area contributed by atoms with Gasteiger partial charge in [-0.15, -0.1) is 0 Å². The Kier molecular flexibility index (Phi) is 7.38. The van der Waals surface area contributed by atoms with Gasteiger partial charge in [-0.1, -0.05) is 0 Å². The number of aliphatic hydroxyl groups is 3. The Balaban J connectivity index is 1.48. The van der Waals surface area contributed by atoms with Crippen LogP contribution in [0.4, 0.5) is 0 Å². The minimum Gasteiger partial charge on any atom is -0.498 e. The molecule has 1 aliphatic carbocycles. The molecule has 1 fully saturated rings. The summed E-state index contributed by atoms with van der Waals surface area (Å²) >= 11 is 0. The van der Waals surface area contributed by atoms with Crippen molar-refractivity contribution in [2.45, 2.75) is 87.9 Å². The summed E-state index contributed by atoms with van der Waals surface area (Å²) in [7, 11) is 2.84. The van der Waals surface area contributed by atoms with E-state index in [1.54, 1.807) is 21.0 Å². The molecule has 10 nitrogen and oxygen atoms in total. The van der Waals surface area contributed by atoms with Crippen molar-refractivity contribution in [1.29, 1.82) is 0 Å². The first-order valence-corrected chi connectivity index (χ1v) is 13.3. The van der Waals surface area contributed by atoms with Crippen molar-refractivity contribution in [3.05, 3.63) is 34.6 Å². The van der Waals surface area contributed by atoms with Crippen molar-refractivity contribution in [3.8, 4) is 11.5 Å². The zero-order valence-corrected chi connectivity index (χ0v) is 22.6. The fourth-order valence-electron chi connectivity index (χ4n) is 6.48. The van der Waals surface area contributed by atoms with Crippen LogP contribution in [0.1, 0.15) is 63.0 Å². The molecule has 0 spiro atoms. The van der Waals surface area contributed by atoms with Crippen LogP contribution in [-0.4, -0.2) is 89.9 Å². The lowest BCUT2D eigenvalue weighted by atomic mass is 9.86. The van der Waals surface area contributed by atoms with Gasteiger partial charge in [0.05, 0.1) is 26.2 Å². The molecule has 38 heavy (non-hydrogen) atoms. The third-order valence-corrected chi connectivity index (χ3v) is 8.35. The Morgan fingerprint density at radius 3 is 2.53 bits per heavy atom. The number of carbonyl (C=O) groups is 1. The van der Waals surface area contributed by atoms with Crippen molar-refractivity contribution in [1.82, 2.24) is 4.90 Å². The molecule has 4 aliphatic rings. The molecule has 0 bridgehead atoms. The van der Waals surface area contributed by atoms with E-state index in [2.05, 4.69) is 4.90 Å². The minimum atomic E-state index is -1.91. The van der Waals surface area contributed by atoms with E-state index in [1.165, 1.54) is 7.11 Å². The van der Waals surface area contributed by atoms with Crippen LogP contribution in [0.2, 0.25) is 0 Å². The molecule has 3 N–H and O–H groups in total. The Bertz CT molecular complexity index is 1100. The molecule has 5 unspecified atom stereocenters. The summed E-state index contributed by atoms with van der Waals surface area (Å²) in [5.74, 6) is 1.19. The number of methoxy groups -OCH3 is 2. The van der Waals surface area contributed by atoms with E-state index in [1.807, 2.05) is 12.1 Å². The molecule has 5 rings (SSSR count). The number of benzene rings is 1. The first-order chi connectivity index (χ1) is 18.0. The van der Waals surface area contributed by atoms with Gasteiger partial charge in [-0.25, -0.2) is 0 Å². The summed E-state index contributed by atoms with van der Waals surface area (Å²) in [5.41, 5.74) is 0.446. The maximum Gasteiger partial charge on any atom is 0.308 e. The lowest BCUT2D eigenvalue weighted by Crippen LogP contribution is -2.49. The predicted octanol–water partition coefficient (Wildman–Crippen LogP) is 1.98. The zero-order chi connectivity index (χ0) is 27.2. The van der Waals surface area contributed by atoms with Gasteiger partial charge in [0.2, 0.25) is 6.79 Å². The van der Waals surface area contributed by atoms with Crippen LogP contribution in [-0.2, 0) is 25.4 Å². The Morgan fingerprint density at radius 1 is 1.13 bits per heavy atom. The first-order valence-electron chi connectivity index (χ1n) is 13.3. The molecular formula is C28H39NO9. The highest BCUT2D eigenvalue weighted by molar-refractivity contribution is 5.70. The van der Waals surface area contributed by atoms with Gasteiger partial charge in [0.25, 0.3) is 0 Å². The molecule has 3 aliphatic heterocycles. The van der Waals surface area contributed by atoms with Crippen molar-refractivity contribution < 1.29 is 43.8 Å². The Labute approximate surface area is 223 Å². The number of fused-ring (bicyclic) bond motifs is 3. The van der Waals surface area contributed by atoms with Crippen LogP contribution in [0.3, 0.4) is 0 Å². The second kappa shape index (κ2) is 10.3. The summed E-state index contributed by atoms with van der Waals surface area (Å²) in [4.78, 5) is 14.7. The van der Waals surface area contributed by atoms with Gasteiger partial charge in [-0.05, 0) is 74.8 Å². The molecule has 1 saturated heterocycles. The van der Waals surface area contributed by atoms with Gasteiger partial charge in [0.1, 0.15) is 17.5 Å². The number of ether oxygens (including phenoxy) is 5. The molecule has 0 amide bonds. The van der Waals surface area contributed by atoms with E-state index < -0.39 is 36.0 Å². The maximum atomic E-state index is 12.2. The third kappa shape index (κ3) is 5.00. The topological polar surface area (TPSA) is 127 Å². The molecule has 0 aromatic heterocycles. The molecule has 1 aromatic rings. The SMILES string of the molecule is COC(=O)CC(O)(CCCC(C)(C)O)C(O)OC1C(OC)=C2CCN3CCc4cc5c(cc4C1C23)OCO5. The molecule has 5 atom stereocenters. The summed E-state index contributed by atoms with van der Waals surface area (Å²) in [6.45, 7) is 5.30. The molecule has 1 aromatic carbocycles.